The molecular weight excluding hydrogens is 288 g/mol. The van der Waals surface area contributed by atoms with Crippen molar-refractivity contribution in [3.05, 3.63) is 53.9 Å². The van der Waals surface area contributed by atoms with Gasteiger partial charge in [-0.15, -0.1) is 0 Å². The van der Waals surface area contributed by atoms with E-state index in [9.17, 15) is 8.42 Å². The van der Waals surface area contributed by atoms with Crippen molar-refractivity contribution >= 4 is 15.7 Å². The van der Waals surface area contributed by atoms with Crippen molar-refractivity contribution in [1.29, 1.82) is 0 Å². The summed E-state index contributed by atoms with van der Waals surface area (Å²) in [6.07, 6.45) is 2.77. The number of nitrogens with two attached hydrogens (primary N) is 1. The molecule has 0 fully saturated rings. The Bertz CT molecular complexity index is 714. The maximum atomic E-state index is 12.6. The second-order valence-corrected chi connectivity index (χ2v) is 6.78. The lowest BCUT2D eigenvalue weighted by Gasteiger charge is -2.19. The molecule has 0 atom stereocenters. The van der Waals surface area contributed by atoms with Gasteiger partial charge in [-0.05, 0) is 18.6 Å². The van der Waals surface area contributed by atoms with Crippen LogP contribution in [-0.4, -0.2) is 24.8 Å². The highest BCUT2D eigenvalue weighted by atomic mass is 32.2. The van der Waals surface area contributed by atoms with Gasteiger partial charge in [0, 0.05) is 26.0 Å². The highest BCUT2D eigenvalue weighted by Crippen LogP contribution is 2.23. The summed E-state index contributed by atoms with van der Waals surface area (Å²) in [6.45, 7) is 2.26. The predicted molar refractivity (Wildman–Crippen MR) is 81.9 cm³/mol. The first-order valence-corrected chi connectivity index (χ1v) is 7.81. The Morgan fingerprint density at radius 2 is 1.90 bits per heavy atom. The van der Waals surface area contributed by atoms with E-state index in [0.717, 1.165) is 11.1 Å². The van der Waals surface area contributed by atoms with Crippen LogP contribution >= 0.6 is 0 Å². The number of nitrogens with zero attached hydrogens (tertiary/aromatic N) is 2. The lowest BCUT2D eigenvalue weighted by atomic mass is 10.1. The average molecular weight is 306 g/mol. The molecule has 0 saturated heterocycles. The minimum absolute atomic E-state index is 0.0575. The van der Waals surface area contributed by atoms with Crippen LogP contribution in [0.3, 0.4) is 0 Å². The Hall–Kier alpha value is -1.96. The Kier molecular flexibility index (Phi) is 4.56. The molecule has 2 rings (SSSR count). The molecule has 1 heterocycles. The van der Waals surface area contributed by atoms with Crippen LogP contribution in [0.25, 0.3) is 0 Å². The fraction of sp³-hybridized carbons (Fsp3) is 0.214. The van der Waals surface area contributed by atoms with Crippen molar-refractivity contribution < 1.29 is 8.42 Å². The molecule has 3 N–H and O–H groups in total. The molecule has 0 aliphatic rings. The van der Waals surface area contributed by atoms with Gasteiger partial charge in [-0.3, -0.25) is 10.8 Å². The highest BCUT2D eigenvalue weighted by Gasteiger charge is 2.24. The normalized spacial score (nSPS) is 11.6. The Balaban J connectivity index is 2.28. The average Bonchev–Trinajstić information content (AvgIpc) is 2.49. The smallest absolute Gasteiger partial charge is 0.246 e. The number of anilines is 1. The molecule has 2 aromatic rings. The van der Waals surface area contributed by atoms with E-state index >= 15 is 0 Å². The summed E-state index contributed by atoms with van der Waals surface area (Å²) in [7, 11) is -2.13. The Morgan fingerprint density at radius 1 is 1.24 bits per heavy atom. The van der Waals surface area contributed by atoms with Crippen LogP contribution in [-0.2, 0) is 16.6 Å². The summed E-state index contributed by atoms with van der Waals surface area (Å²) >= 11 is 0. The topological polar surface area (TPSA) is 88.3 Å². The molecule has 0 aliphatic carbocycles. The van der Waals surface area contributed by atoms with Gasteiger partial charge in [-0.1, -0.05) is 29.8 Å². The minimum Gasteiger partial charge on any atom is -0.323 e. The van der Waals surface area contributed by atoms with Gasteiger partial charge in [0.25, 0.3) is 0 Å². The molecule has 112 valence electrons. The zero-order valence-electron chi connectivity index (χ0n) is 11.9. The van der Waals surface area contributed by atoms with Gasteiger partial charge >= 0.3 is 0 Å². The van der Waals surface area contributed by atoms with Crippen molar-refractivity contribution in [3.63, 3.8) is 0 Å². The zero-order chi connectivity index (χ0) is 15.5. The van der Waals surface area contributed by atoms with Gasteiger partial charge < -0.3 is 5.43 Å². The van der Waals surface area contributed by atoms with Crippen LogP contribution in [0.1, 0.15) is 11.1 Å². The van der Waals surface area contributed by atoms with Gasteiger partial charge in [0.15, 0.2) is 0 Å². The number of aryl methyl sites for hydroxylation is 1. The van der Waals surface area contributed by atoms with Crippen LogP contribution in [0.5, 0.6) is 0 Å². The molecule has 0 bridgehead atoms. The van der Waals surface area contributed by atoms with Crippen molar-refractivity contribution in [1.82, 2.24) is 9.29 Å². The third-order valence-corrected chi connectivity index (χ3v) is 4.98. The van der Waals surface area contributed by atoms with E-state index in [-0.39, 0.29) is 11.4 Å². The number of pyridine rings is 1. The molecule has 21 heavy (non-hydrogen) atoms. The quantitative estimate of drug-likeness (QED) is 0.645. The predicted octanol–water partition coefficient (Wildman–Crippen LogP) is 1.50. The number of hydrogen-bond acceptors (Lipinski definition) is 5. The summed E-state index contributed by atoms with van der Waals surface area (Å²) in [4.78, 5) is 3.92. The largest absolute Gasteiger partial charge is 0.323 e. The molecule has 0 spiro atoms. The van der Waals surface area contributed by atoms with E-state index in [1.807, 2.05) is 31.2 Å². The second-order valence-electron chi connectivity index (χ2n) is 4.76. The van der Waals surface area contributed by atoms with E-state index in [2.05, 4.69) is 10.4 Å². The SMILES string of the molecule is Cc1ccc(CN(C)S(=O)(=O)c2cnccc2NN)cc1. The minimum atomic E-state index is -3.66. The maximum Gasteiger partial charge on any atom is 0.246 e. The Morgan fingerprint density at radius 3 is 2.52 bits per heavy atom. The van der Waals surface area contributed by atoms with Gasteiger partial charge in [-0.2, -0.15) is 4.31 Å². The molecule has 0 unspecified atom stereocenters. The number of sulfonamides is 1. The van der Waals surface area contributed by atoms with E-state index in [4.69, 9.17) is 5.84 Å². The first kappa shape index (κ1) is 15.4. The first-order valence-electron chi connectivity index (χ1n) is 6.37. The second kappa shape index (κ2) is 6.21. The number of aromatic nitrogens is 1. The zero-order valence-corrected chi connectivity index (χ0v) is 12.8. The maximum absolute atomic E-state index is 12.6. The molecule has 0 amide bonds. The summed E-state index contributed by atoms with van der Waals surface area (Å²) in [6, 6.07) is 9.24. The lowest BCUT2D eigenvalue weighted by Crippen LogP contribution is -2.28. The standard InChI is InChI=1S/C14H18N4O2S/c1-11-3-5-12(6-4-11)10-18(2)21(19,20)14-9-16-8-7-13(14)17-15/h3-9H,10,15H2,1-2H3,(H,16,17). The summed E-state index contributed by atoms with van der Waals surface area (Å²) in [5.74, 6) is 5.36. The van der Waals surface area contributed by atoms with Crippen LogP contribution in [0.2, 0.25) is 0 Å². The molecule has 1 aromatic carbocycles. The molecule has 7 heteroatoms. The van der Waals surface area contributed by atoms with Crippen molar-refractivity contribution in [2.75, 3.05) is 12.5 Å². The fourth-order valence-electron chi connectivity index (χ4n) is 1.91. The van der Waals surface area contributed by atoms with Crippen molar-refractivity contribution in [3.8, 4) is 0 Å². The number of hydrogen-bond donors (Lipinski definition) is 2. The Labute approximate surface area is 124 Å². The highest BCUT2D eigenvalue weighted by molar-refractivity contribution is 7.89. The van der Waals surface area contributed by atoms with Crippen LogP contribution in [0, 0.1) is 6.92 Å². The number of hydrazine groups is 1. The number of benzene rings is 1. The van der Waals surface area contributed by atoms with Crippen molar-refractivity contribution in [2.45, 2.75) is 18.4 Å². The van der Waals surface area contributed by atoms with Gasteiger partial charge in [0.1, 0.15) is 4.90 Å². The monoisotopic (exact) mass is 306 g/mol. The molecule has 0 radical (unpaired) electrons. The lowest BCUT2D eigenvalue weighted by molar-refractivity contribution is 0.466. The van der Waals surface area contributed by atoms with E-state index in [1.165, 1.54) is 29.8 Å². The van der Waals surface area contributed by atoms with E-state index in [0.29, 0.717) is 5.69 Å². The molecular formula is C14H18N4O2S. The number of rotatable bonds is 5. The summed E-state index contributed by atoms with van der Waals surface area (Å²) in [5.41, 5.74) is 4.75. The third kappa shape index (κ3) is 3.38. The van der Waals surface area contributed by atoms with Crippen LogP contribution in [0.4, 0.5) is 5.69 Å². The summed E-state index contributed by atoms with van der Waals surface area (Å²) < 4.78 is 26.4. The number of nitrogen functional groups attached to an aromatic ring is 1. The molecule has 1 aromatic heterocycles. The number of nitrogens with one attached hydrogen (secondary N) is 1. The van der Waals surface area contributed by atoms with Gasteiger partial charge in [0.05, 0.1) is 5.69 Å². The molecule has 0 aliphatic heterocycles. The van der Waals surface area contributed by atoms with Crippen molar-refractivity contribution in [2.24, 2.45) is 5.84 Å². The van der Waals surface area contributed by atoms with Gasteiger partial charge in [0.2, 0.25) is 10.0 Å². The molecule has 0 saturated carbocycles. The van der Waals surface area contributed by atoms with E-state index in [1.54, 1.807) is 0 Å². The first-order chi connectivity index (χ1) is 9.95. The van der Waals surface area contributed by atoms with Crippen LogP contribution in [0.15, 0.2) is 47.6 Å². The molecule has 6 nitrogen and oxygen atoms in total. The fourth-order valence-corrected chi connectivity index (χ4v) is 3.16. The van der Waals surface area contributed by atoms with Gasteiger partial charge in [-0.25, -0.2) is 8.42 Å². The third-order valence-electron chi connectivity index (χ3n) is 3.15. The van der Waals surface area contributed by atoms with Crippen LogP contribution < -0.4 is 11.3 Å². The summed E-state index contributed by atoms with van der Waals surface area (Å²) in [5, 5.41) is 0. The van der Waals surface area contributed by atoms with E-state index < -0.39 is 10.0 Å².